The molecule has 1 aliphatic carbocycles. The molecule has 18 heavy (non-hydrogen) atoms. The first-order valence-electron chi connectivity index (χ1n) is 5.56. The quantitative estimate of drug-likeness (QED) is 0.488. The molecular weight excluding hydrogens is 234 g/mol. The molecule has 94 valence electrons. The fourth-order valence-electron chi connectivity index (χ4n) is 2.19. The first-order valence-corrected chi connectivity index (χ1v) is 5.56. The second-order valence-electron chi connectivity index (χ2n) is 4.82. The number of aliphatic hydroxyl groups is 1. The zero-order valence-corrected chi connectivity index (χ0v) is 9.88. The van der Waals surface area contributed by atoms with E-state index in [4.69, 9.17) is 6.57 Å². The molecule has 1 aliphatic rings. The van der Waals surface area contributed by atoms with E-state index < -0.39 is 10.5 Å². The molecule has 0 bridgehead atoms. The number of benzene rings is 1. The van der Waals surface area contributed by atoms with Crippen LogP contribution in [0.5, 0.6) is 0 Å². The van der Waals surface area contributed by atoms with Crippen molar-refractivity contribution in [3.63, 3.8) is 0 Å². The van der Waals surface area contributed by atoms with Crippen LogP contribution >= 0.6 is 0 Å². The standard InChI is InChI=1S/C12H13N3O3/c1-12(16)6-9(7-12)14-10-5-8(13-2)3-4-11(10)15(17)18/h3-5,9,14,16H,6-7H2,1H3. The highest BCUT2D eigenvalue weighted by Gasteiger charge is 2.38. The number of hydrogen-bond donors (Lipinski definition) is 2. The first-order chi connectivity index (χ1) is 8.41. The maximum absolute atomic E-state index is 10.9. The van der Waals surface area contributed by atoms with Gasteiger partial charge in [0.05, 0.1) is 17.1 Å². The van der Waals surface area contributed by atoms with E-state index in [2.05, 4.69) is 10.2 Å². The van der Waals surface area contributed by atoms with Crippen molar-refractivity contribution < 1.29 is 10.0 Å². The van der Waals surface area contributed by atoms with Gasteiger partial charge in [0, 0.05) is 12.1 Å². The Kier molecular flexibility index (Phi) is 2.93. The lowest BCUT2D eigenvalue weighted by atomic mass is 9.77. The number of nitro benzene ring substituents is 1. The minimum absolute atomic E-state index is 0.0136. The van der Waals surface area contributed by atoms with Crippen molar-refractivity contribution in [3.05, 3.63) is 39.7 Å². The Morgan fingerprint density at radius 3 is 2.78 bits per heavy atom. The van der Waals surface area contributed by atoms with Crippen molar-refractivity contribution in [3.8, 4) is 0 Å². The van der Waals surface area contributed by atoms with Crippen LogP contribution in [0.2, 0.25) is 0 Å². The van der Waals surface area contributed by atoms with Gasteiger partial charge in [0.25, 0.3) is 5.69 Å². The van der Waals surface area contributed by atoms with Gasteiger partial charge < -0.3 is 10.4 Å². The second-order valence-corrected chi connectivity index (χ2v) is 4.82. The van der Waals surface area contributed by atoms with Crippen LogP contribution in [0.4, 0.5) is 17.1 Å². The van der Waals surface area contributed by atoms with Crippen molar-refractivity contribution in [2.24, 2.45) is 0 Å². The third-order valence-corrected chi connectivity index (χ3v) is 3.04. The molecule has 2 rings (SSSR count). The van der Waals surface area contributed by atoms with E-state index in [1.807, 2.05) is 0 Å². The monoisotopic (exact) mass is 247 g/mol. The highest BCUT2D eigenvalue weighted by Crippen LogP contribution is 2.37. The third-order valence-electron chi connectivity index (χ3n) is 3.04. The van der Waals surface area contributed by atoms with Crippen LogP contribution in [-0.2, 0) is 0 Å². The summed E-state index contributed by atoms with van der Waals surface area (Å²) in [7, 11) is 0. The van der Waals surface area contributed by atoms with Crippen LogP contribution in [0.25, 0.3) is 4.85 Å². The molecule has 0 unspecified atom stereocenters. The average molecular weight is 247 g/mol. The maximum Gasteiger partial charge on any atom is 0.289 e. The average Bonchev–Trinajstić information content (AvgIpc) is 2.26. The molecule has 1 aromatic carbocycles. The van der Waals surface area contributed by atoms with Gasteiger partial charge in [-0.1, -0.05) is 0 Å². The van der Waals surface area contributed by atoms with Crippen LogP contribution < -0.4 is 5.32 Å². The molecule has 0 spiro atoms. The molecule has 0 radical (unpaired) electrons. The first kappa shape index (κ1) is 12.3. The largest absolute Gasteiger partial charge is 0.390 e. The van der Waals surface area contributed by atoms with Gasteiger partial charge in [0.2, 0.25) is 0 Å². The highest BCUT2D eigenvalue weighted by atomic mass is 16.6. The van der Waals surface area contributed by atoms with E-state index in [0.717, 1.165) is 0 Å². The molecule has 1 saturated carbocycles. The van der Waals surface area contributed by atoms with Gasteiger partial charge in [0.15, 0.2) is 5.69 Å². The smallest absolute Gasteiger partial charge is 0.289 e. The minimum Gasteiger partial charge on any atom is -0.390 e. The number of anilines is 1. The van der Waals surface area contributed by atoms with Crippen molar-refractivity contribution >= 4 is 17.1 Å². The molecule has 0 aliphatic heterocycles. The zero-order valence-electron chi connectivity index (χ0n) is 9.88. The fraction of sp³-hybridized carbons (Fsp3) is 0.417. The number of nitrogens with zero attached hydrogens (tertiary/aromatic N) is 2. The number of hydrogen-bond acceptors (Lipinski definition) is 4. The molecule has 1 aromatic rings. The summed E-state index contributed by atoms with van der Waals surface area (Å²) >= 11 is 0. The van der Waals surface area contributed by atoms with Crippen LogP contribution in [0, 0.1) is 16.7 Å². The summed E-state index contributed by atoms with van der Waals surface area (Å²) in [6, 6.07) is 4.23. The molecule has 6 nitrogen and oxygen atoms in total. The lowest BCUT2D eigenvalue weighted by Crippen LogP contribution is -2.48. The maximum atomic E-state index is 10.9. The summed E-state index contributed by atoms with van der Waals surface area (Å²) in [5.74, 6) is 0. The van der Waals surface area contributed by atoms with Crippen molar-refractivity contribution in [1.29, 1.82) is 0 Å². The Morgan fingerprint density at radius 2 is 2.28 bits per heavy atom. The molecule has 0 heterocycles. The van der Waals surface area contributed by atoms with E-state index in [-0.39, 0.29) is 11.7 Å². The lowest BCUT2D eigenvalue weighted by molar-refractivity contribution is -0.384. The summed E-state index contributed by atoms with van der Waals surface area (Å²) in [4.78, 5) is 13.6. The zero-order chi connectivity index (χ0) is 13.3. The summed E-state index contributed by atoms with van der Waals surface area (Å²) < 4.78 is 0. The molecule has 0 atom stereocenters. The Hall–Kier alpha value is -2.13. The molecule has 2 N–H and O–H groups in total. The minimum atomic E-state index is -0.691. The van der Waals surface area contributed by atoms with Gasteiger partial charge in [-0.25, -0.2) is 4.85 Å². The van der Waals surface area contributed by atoms with Crippen molar-refractivity contribution in [2.75, 3.05) is 5.32 Å². The van der Waals surface area contributed by atoms with Crippen molar-refractivity contribution in [1.82, 2.24) is 0 Å². The van der Waals surface area contributed by atoms with Crippen LogP contribution in [0.1, 0.15) is 19.8 Å². The third kappa shape index (κ3) is 2.41. The summed E-state index contributed by atoms with van der Waals surface area (Å²) in [6.07, 6.45) is 1.10. The van der Waals surface area contributed by atoms with E-state index in [9.17, 15) is 15.2 Å². The van der Waals surface area contributed by atoms with Gasteiger partial charge in [-0.2, -0.15) is 0 Å². The summed E-state index contributed by atoms with van der Waals surface area (Å²) in [6.45, 7) is 8.64. The van der Waals surface area contributed by atoms with E-state index >= 15 is 0 Å². The van der Waals surface area contributed by atoms with Gasteiger partial charge in [-0.05, 0) is 31.9 Å². The highest BCUT2D eigenvalue weighted by molar-refractivity contribution is 5.69. The molecule has 1 fully saturated rings. The molecule has 0 amide bonds. The molecular formula is C12H13N3O3. The number of rotatable bonds is 3. The van der Waals surface area contributed by atoms with E-state index in [0.29, 0.717) is 24.2 Å². The Labute approximate surface area is 104 Å². The van der Waals surface area contributed by atoms with Gasteiger partial charge >= 0.3 is 0 Å². The number of nitrogens with one attached hydrogen (secondary N) is 1. The van der Waals surface area contributed by atoms with Crippen LogP contribution in [-0.4, -0.2) is 21.7 Å². The van der Waals surface area contributed by atoms with Crippen molar-refractivity contribution in [2.45, 2.75) is 31.4 Å². The predicted molar refractivity (Wildman–Crippen MR) is 66.6 cm³/mol. The Morgan fingerprint density at radius 1 is 1.61 bits per heavy atom. The van der Waals surface area contributed by atoms with Gasteiger partial charge in [-0.3, -0.25) is 10.1 Å². The summed E-state index contributed by atoms with van der Waals surface area (Å²) in [5, 5.41) is 23.5. The predicted octanol–water partition coefficient (Wildman–Crippen LogP) is 2.47. The summed E-state index contributed by atoms with van der Waals surface area (Å²) in [5.41, 5.74) is -0.0405. The molecule has 0 aromatic heterocycles. The van der Waals surface area contributed by atoms with E-state index in [1.165, 1.54) is 18.2 Å². The Bertz CT molecular complexity index is 526. The normalized spacial score (nSPS) is 25.9. The lowest BCUT2D eigenvalue weighted by Gasteiger charge is -2.41. The number of nitro groups is 1. The topological polar surface area (TPSA) is 79.8 Å². The van der Waals surface area contributed by atoms with Gasteiger partial charge in [-0.15, -0.1) is 0 Å². The SMILES string of the molecule is [C-]#[N+]c1ccc([N+](=O)[O-])c(NC2CC(C)(O)C2)c1. The molecule has 6 heteroatoms. The van der Waals surface area contributed by atoms with Crippen LogP contribution in [0.3, 0.4) is 0 Å². The fourth-order valence-corrected chi connectivity index (χ4v) is 2.19. The second kappa shape index (κ2) is 4.27. The Balaban J connectivity index is 2.20. The van der Waals surface area contributed by atoms with E-state index in [1.54, 1.807) is 6.92 Å². The van der Waals surface area contributed by atoms with Crippen LogP contribution in [0.15, 0.2) is 18.2 Å². The van der Waals surface area contributed by atoms with Gasteiger partial charge in [0.1, 0.15) is 5.69 Å². The molecule has 0 saturated heterocycles.